The van der Waals surface area contributed by atoms with Crippen LogP contribution in [0.4, 0.5) is 0 Å². The maximum Gasteiger partial charge on any atom is 0.119 e. The quantitative estimate of drug-likeness (QED) is 0.703. The van der Waals surface area contributed by atoms with E-state index in [0.717, 1.165) is 23.3 Å². The summed E-state index contributed by atoms with van der Waals surface area (Å²) in [6.45, 7) is 2.18. The van der Waals surface area contributed by atoms with Gasteiger partial charge in [0.15, 0.2) is 0 Å². The third kappa shape index (κ3) is 5.28. The third-order valence-corrected chi connectivity index (χ3v) is 3.15. The van der Waals surface area contributed by atoms with Crippen LogP contribution >= 0.6 is 15.9 Å². The van der Waals surface area contributed by atoms with E-state index in [2.05, 4.69) is 31.6 Å². The van der Waals surface area contributed by atoms with E-state index in [1.54, 1.807) is 17.1 Å². The van der Waals surface area contributed by atoms with Crippen molar-refractivity contribution in [3.63, 3.8) is 0 Å². The van der Waals surface area contributed by atoms with Gasteiger partial charge in [0.25, 0.3) is 0 Å². The van der Waals surface area contributed by atoms with Gasteiger partial charge >= 0.3 is 0 Å². The lowest BCUT2D eigenvalue weighted by Gasteiger charge is -2.13. The molecule has 0 fully saturated rings. The molecule has 0 aliphatic heterocycles. The van der Waals surface area contributed by atoms with Crippen molar-refractivity contribution in [3.05, 3.63) is 41.1 Å². The summed E-state index contributed by atoms with van der Waals surface area (Å²) in [5, 5.41) is 20.5. The molecule has 0 radical (unpaired) electrons. The van der Waals surface area contributed by atoms with Gasteiger partial charge in [0.1, 0.15) is 18.5 Å². The van der Waals surface area contributed by atoms with Crippen LogP contribution in [0.25, 0.3) is 0 Å². The Balaban J connectivity index is 1.58. The summed E-state index contributed by atoms with van der Waals surface area (Å²) in [5.74, 6) is 0.745. The minimum atomic E-state index is -0.547. The van der Waals surface area contributed by atoms with Crippen LogP contribution in [-0.2, 0) is 6.54 Å². The fourth-order valence-corrected chi connectivity index (χ4v) is 1.86. The Morgan fingerprint density at radius 1 is 1.35 bits per heavy atom. The number of benzene rings is 1. The van der Waals surface area contributed by atoms with Crippen LogP contribution in [0.1, 0.15) is 0 Å². The van der Waals surface area contributed by atoms with Crippen molar-refractivity contribution in [2.45, 2.75) is 12.6 Å². The summed E-state index contributed by atoms with van der Waals surface area (Å²) in [5.41, 5.74) is 0. The van der Waals surface area contributed by atoms with E-state index in [-0.39, 0.29) is 6.61 Å². The number of hydrogen-bond donors (Lipinski definition) is 2. The SMILES string of the molecule is OC(CNCCn1ccnn1)COc1ccc(Br)cc1. The van der Waals surface area contributed by atoms with Gasteiger partial charge in [-0.05, 0) is 24.3 Å². The average Bonchev–Trinajstić information content (AvgIpc) is 2.96. The maximum absolute atomic E-state index is 9.79. The first-order valence-electron chi connectivity index (χ1n) is 6.35. The molecule has 0 bridgehead atoms. The second-order valence-electron chi connectivity index (χ2n) is 4.29. The van der Waals surface area contributed by atoms with E-state index in [0.29, 0.717) is 6.54 Å². The molecule has 0 amide bonds. The van der Waals surface area contributed by atoms with E-state index in [9.17, 15) is 5.11 Å². The number of rotatable bonds is 8. The van der Waals surface area contributed by atoms with Gasteiger partial charge in [-0.1, -0.05) is 21.1 Å². The Labute approximate surface area is 125 Å². The maximum atomic E-state index is 9.79. The Hall–Kier alpha value is -1.44. The molecule has 1 heterocycles. The molecular formula is C13H17BrN4O2. The van der Waals surface area contributed by atoms with Gasteiger partial charge in [-0.3, -0.25) is 4.68 Å². The van der Waals surface area contributed by atoms with Gasteiger partial charge in [-0.25, -0.2) is 0 Å². The lowest BCUT2D eigenvalue weighted by Crippen LogP contribution is -2.33. The molecular weight excluding hydrogens is 324 g/mol. The highest BCUT2D eigenvalue weighted by Gasteiger charge is 2.04. The van der Waals surface area contributed by atoms with Crippen LogP contribution < -0.4 is 10.1 Å². The highest BCUT2D eigenvalue weighted by molar-refractivity contribution is 9.10. The molecule has 2 aromatic rings. The standard InChI is InChI=1S/C13H17BrN4O2/c14-11-1-3-13(4-2-11)20-10-12(19)9-15-5-7-18-8-6-16-17-18/h1-4,6,8,12,15,19H,5,7,9-10H2. The van der Waals surface area contributed by atoms with Gasteiger partial charge in [0, 0.05) is 23.8 Å². The van der Waals surface area contributed by atoms with E-state index < -0.39 is 6.10 Å². The Bertz CT molecular complexity index is 490. The minimum Gasteiger partial charge on any atom is -0.491 e. The monoisotopic (exact) mass is 340 g/mol. The van der Waals surface area contributed by atoms with Crippen LogP contribution in [0.2, 0.25) is 0 Å². The van der Waals surface area contributed by atoms with Crippen LogP contribution in [0.5, 0.6) is 5.75 Å². The predicted molar refractivity (Wildman–Crippen MR) is 78.5 cm³/mol. The number of hydrogen-bond acceptors (Lipinski definition) is 5. The summed E-state index contributed by atoms with van der Waals surface area (Å²) < 4.78 is 8.22. The van der Waals surface area contributed by atoms with Crippen molar-refractivity contribution >= 4 is 15.9 Å². The van der Waals surface area contributed by atoms with Crippen LogP contribution in [-0.4, -0.2) is 45.9 Å². The average molecular weight is 341 g/mol. The number of aliphatic hydroxyl groups excluding tert-OH is 1. The zero-order valence-electron chi connectivity index (χ0n) is 10.9. The molecule has 1 aromatic carbocycles. The van der Waals surface area contributed by atoms with E-state index >= 15 is 0 Å². The summed E-state index contributed by atoms with van der Waals surface area (Å²) in [6.07, 6.45) is 2.89. The molecule has 0 saturated carbocycles. The van der Waals surface area contributed by atoms with Crippen LogP contribution in [0.15, 0.2) is 41.1 Å². The molecule has 108 valence electrons. The zero-order chi connectivity index (χ0) is 14.2. The summed E-state index contributed by atoms with van der Waals surface area (Å²) in [4.78, 5) is 0. The van der Waals surface area contributed by atoms with Gasteiger partial charge in [0.2, 0.25) is 0 Å². The highest BCUT2D eigenvalue weighted by atomic mass is 79.9. The lowest BCUT2D eigenvalue weighted by atomic mass is 10.3. The van der Waals surface area contributed by atoms with E-state index in [4.69, 9.17) is 4.74 Å². The summed E-state index contributed by atoms with van der Waals surface area (Å²) in [7, 11) is 0. The molecule has 0 aliphatic rings. The van der Waals surface area contributed by atoms with Gasteiger partial charge < -0.3 is 15.2 Å². The Morgan fingerprint density at radius 3 is 2.85 bits per heavy atom. The van der Waals surface area contributed by atoms with Crippen molar-refractivity contribution in [3.8, 4) is 5.75 Å². The second-order valence-corrected chi connectivity index (χ2v) is 5.20. The third-order valence-electron chi connectivity index (χ3n) is 2.63. The fourth-order valence-electron chi connectivity index (χ4n) is 1.60. The van der Waals surface area contributed by atoms with E-state index in [1.165, 1.54) is 0 Å². The smallest absolute Gasteiger partial charge is 0.119 e. The Kier molecular flexibility index (Phi) is 5.97. The van der Waals surface area contributed by atoms with Gasteiger partial charge in [0.05, 0.1) is 12.7 Å². The predicted octanol–water partition coefficient (Wildman–Crippen LogP) is 1.07. The van der Waals surface area contributed by atoms with Crippen molar-refractivity contribution < 1.29 is 9.84 Å². The number of nitrogens with one attached hydrogen (secondary N) is 1. The van der Waals surface area contributed by atoms with Gasteiger partial charge in [-0.15, -0.1) is 5.10 Å². The van der Waals surface area contributed by atoms with E-state index in [1.807, 2.05) is 24.3 Å². The minimum absolute atomic E-state index is 0.262. The number of ether oxygens (including phenoxy) is 1. The fraction of sp³-hybridized carbons (Fsp3) is 0.385. The molecule has 7 heteroatoms. The molecule has 0 saturated heterocycles. The Morgan fingerprint density at radius 2 is 2.15 bits per heavy atom. The normalized spacial score (nSPS) is 12.3. The molecule has 6 nitrogen and oxygen atoms in total. The largest absolute Gasteiger partial charge is 0.491 e. The molecule has 2 N–H and O–H groups in total. The number of nitrogens with zero attached hydrogens (tertiary/aromatic N) is 3. The van der Waals surface area contributed by atoms with Crippen LogP contribution in [0, 0.1) is 0 Å². The molecule has 0 spiro atoms. The van der Waals surface area contributed by atoms with Crippen molar-refractivity contribution in [1.82, 2.24) is 20.3 Å². The highest BCUT2D eigenvalue weighted by Crippen LogP contribution is 2.16. The summed E-state index contributed by atoms with van der Waals surface area (Å²) in [6, 6.07) is 7.51. The van der Waals surface area contributed by atoms with Crippen molar-refractivity contribution in [2.24, 2.45) is 0 Å². The second kappa shape index (κ2) is 7.98. The number of aliphatic hydroxyl groups is 1. The van der Waals surface area contributed by atoms with Crippen LogP contribution in [0.3, 0.4) is 0 Å². The first kappa shape index (κ1) is 15.0. The zero-order valence-corrected chi connectivity index (χ0v) is 12.5. The lowest BCUT2D eigenvalue weighted by molar-refractivity contribution is 0.106. The molecule has 2 rings (SSSR count). The molecule has 1 aromatic heterocycles. The molecule has 0 aliphatic carbocycles. The first-order chi connectivity index (χ1) is 9.74. The van der Waals surface area contributed by atoms with Crippen molar-refractivity contribution in [2.75, 3.05) is 19.7 Å². The number of aromatic nitrogens is 3. The number of halogens is 1. The van der Waals surface area contributed by atoms with Crippen molar-refractivity contribution in [1.29, 1.82) is 0 Å². The van der Waals surface area contributed by atoms with Gasteiger partial charge in [-0.2, -0.15) is 0 Å². The summed E-state index contributed by atoms with van der Waals surface area (Å²) >= 11 is 3.36. The molecule has 1 unspecified atom stereocenters. The molecule has 20 heavy (non-hydrogen) atoms. The first-order valence-corrected chi connectivity index (χ1v) is 7.14. The molecule has 1 atom stereocenters. The topological polar surface area (TPSA) is 72.2 Å².